The summed E-state index contributed by atoms with van der Waals surface area (Å²) < 4.78 is 69.5. The number of hydrogen-bond acceptors (Lipinski definition) is 3. The molecule has 2 aromatic rings. The Bertz CT molecular complexity index is 971. The van der Waals surface area contributed by atoms with Crippen molar-refractivity contribution in [3.8, 4) is 6.07 Å². The zero-order valence-corrected chi connectivity index (χ0v) is 14.8. The van der Waals surface area contributed by atoms with Crippen LogP contribution in [0.15, 0.2) is 18.2 Å². The fourth-order valence-corrected chi connectivity index (χ4v) is 3.10. The molecule has 146 valence electrons. The first-order valence-corrected chi connectivity index (χ1v) is 8.39. The number of carbonyl (C=O) groups is 1. The minimum absolute atomic E-state index is 0.0524. The van der Waals surface area contributed by atoms with Crippen LogP contribution in [0.3, 0.4) is 0 Å². The van der Waals surface area contributed by atoms with Gasteiger partial charge >= 0.3 is 0 Å². The second-order valence-corrected chi connectivity index (χ2v) is 6.38. The SMILES string of the molecule is N#Cc1ccc(C(=O)N2CCN(c3c(F)c(F)c(Cl)c(F)c3F)CC2)c(F)c1. The second kappa shape index (κ2) is 7.64. The van der Waals surface area contributed by atoms with Crippen molar-refractivity contribution in [2.75, 3.05) is 31.1 Å². The van der Waals surface area contributed by atoms with Crippen LogP contribution in [0.4, 0.5) is 27.6 Å². The molecule has 10 heteroatoms. The maximum absolute atomic E-state index is 14.1. The van der Waals surface area contributed by atoms with E-state index in [9.17, 15) is 26.7 Å². The Morgan fingerprint density at radius 1 is 0.964 bits per heavy atom. The molecular weight excluding hydrogens is 405 g/mol. The minimum atomic E-state index is -1.70. The quantitative estimate of drug-likeness (QED) is 0.425. The molecule has 1 amide bonds. The van der Waals surface area contributed by atoms with Crippen LogP contribution in [0.1, 0.15) is 15.9 Å². The molecule has 2 aromatic carbocycles. The highest BCUT2D eigenvalue weighted by Crippen LogP contribution is 2.34. The lowest BCUT2D eigenvalue weighted by Gasteiger charge is -2.36. The van der Waals surface area contributed by atoms with E-state index in [0.29, 0.717) is 0 Å². The van der Waals surface area contributed by atoms with Gasteiger partial charge in [0, 0.05) is 26.2 Å². The summed E-state index contributed by atoms with van der Waals surface area (Å²) in [5.74, 6) is -8.19. The number of anilines is 1. The largest absolute Gasteiger partial charge is 0.363 e. The Labute approximate surface area is 161 Å². The summed E-state index contributed by atoms with van der Waals surface area (Å²) in [4.78, 5) is 14.7. The van der Waals surface area contributed by atoms with E-state index < -0.39 is 45.7 Å². The van der Waals surface area contributed by atoms with Crippen molar-refractivity contribution < 1.29 is 26.7 Å². The molecule has 0 aromatic heterocycles. The first-order chi connectivity index (χ1) is 13.3. The molecule has 0 spiro atoms. The van der Waals surface area contributed by atoms with Gasteiger partial charge in [-0.3, -0.25) is 4.79 Å². The third-order valence-corrected chi connectivity index (χ3v) is 4.73. The fraction of sp³-hybridized carbons (Fsp3) is 0.222. The maximum Gasteiger partial charge on any atom is 0.256 e. The van der Waals surface area contributed by atoms with Crippen LogP contribution in [0.25, 0.3) is 0 Å². The topological polar surface area (TPSA) is 47.3 Å². The van der Waals surface area contributed by atoms with E-state index in [1.54, 1.807) is 6.07 Å². The molecule has 1 fully saturated rings. The predicted molar refractivity (Wildman–Crippen MR) is 90.5 cm³/mol. The van der Waals surface area contributed by atoms with Crippen molar-refractivity contribution >= 4 is 23.2 Å². The molecular formula is C18H11ClF5N3O. The Balaban J connectivity index is 1.79. The monoisotopic (exact) mass is 415 g/mol. The van der Waals surface area contributed by atoms with Crippen LogP contribution >= 0.6 is 11.6 Å². The van der Waals surface area contributed by atoms with Gasteiger partial charge in [-0.2, -0.15) is 5.26 Å². The minimum Gasteiger partial charge on any atom is -0.363 e. The van der Waals surface area contributed by atoms with Crippen molar-refractivity contribution in [3.05, 3.63) is 63.4 Å². The Hall–Kier alpha value is -2.86. The van der Waals surface area contributed by atoms with Gasteiger partial charge in [0.05, 0.1) is 17.2 Å². The number of nitriles is 1. The number of benzene rings is 2. The summed E-state index contributed by atoms with van der Waals surface area (Å²) in [5.41, 5.74) is -1.11. The van der Waals surface area contributed by atoms with Crippen LogP contribution in [0, 0.1) is 40.4 Å². The number of carbonyl (C=O) groups excluding carboxylic acids is 1. The number of nitrogens with zero attached hydrogens (tertiary/aromatic N) is 3. The third kappa shape index (κ3) is 3.36. The van der Waals surface area contributed by atoms with Gasteiger partial charge in [0.2, 0.25) is 0 Å². The highest BCUT2D eigenvalue weighted by Gasteiger charge is 2.31. The zero-order valence-electron chi connectivity index (χ0n) is 14.1. The summed E-state index contributed by atoms with van der Waals surface area (Å²) in [6.45, 7) is -0.415. The first kappa shape index (κ1) is 19.9. The molecule has 1 heterocycles. The summed E-state index contributed by atoms with van der Waals surface area (Å²) >= 11 is 5.21. The van der Waals surface area contributed by atoms with Gasteiger partial charge in [-0.25, -0.2) is 22.0 Å². The van der Waals surface area contributed by atoms with Crippen LogP contribution in [0.2, 0.25) is 5.02 Å². The van der Waals surface area contributed by atoms with Gasteiger partial charge in [0.25, 0.3) is 5.91 Å². The molecule has 0 bridgehead atoms. The Kier molecular flexibility index (Phi) is 5.42. The van der Waals surface area contributed by atoms with Crippen LogP contribution < -0.4 is 4.90 Å². The number of hydrogen-bond donors (Lipinski definition) is 0. The van der Waals surface area contributed by atoms with Gasteiger partial charge in [0.15, 0.2) is 23.3 Å². The molecule has 0 radical (unpaired) electrons. The van der Waals surface area contributed by atoms with Gasteiger partial charge in [-0.15, -0.1) is 0 Å². The summed E-state index contributed by atoms with van der Waals surface area (Å²) in [6, 6.07) is 5.13. The van der Waals surface area contributed by atoms with E-state index in [4.69, 9.17) is 16.9 Å². The smallest absolute Gasteiger partial charge is 0.256 e. The van der Waals surface area contributed by atoms with Gasteiger partial charge in [-0.1, -0.05) is 11.6 Å². The molecule has 1 aliphatic rings. The third-order valence-electron chi connectivity index (χ3n) is 4.40. The number of rotatable bonds is 2. The standard InChI is InChI=1S/C18H11ClF5N3O/c19-12-13(21)15(23)17(16(24)14(12)22)26-3-5-27(6-4-26)18(28)10-2-1-9(8-25)7-11(10)20/h1-2,7H,3-6H2. The molecule has 0 aliphatic carbocycles. The Morgan fingerprint density at radius 2 is 1.54 bits per heavy atom. The second-order valence-electron chi connectivity index (χ2n) is 6.00. The molecule has 0 unspecified atom stereocenters. The first-order valence-electron chi connectivity index (χ1n) is 8.01. The normalized spacial score (nSPS) is 14.2. The number of piperazine rings is 1. The molecule has 0 atom stereocenters. The van der Waals surface area contributed by atoms with Crippen molar-refractivity contribution in [2.45, 2.75) is 0 Å². The molecule has 3 rings (SSSR count). The van der Waals surface area contributed by atoms with Crippen molar-refractivity contribution in [2.24, 2.45) is 0 Å². The average molecular weight is 416 g/mol. The summed E-state index contributed by atoms with van der Waals surface area (Å²) in [5, 5.41) is 7.46. The van der Waals surface area contributed by atoms with Crippen molar-refractivity contribution in [1.29, 1.82) is 5.26 Å². The van der Waals surface area contributed by atoms with Crippen molar-refractivity contribution in [1.82, 2.24) is 4.90 Å². The molecule has 1 saturated heterocycles. The predicted octanol–water partition coefficient (Wildman–Crippen LogP) is 3.87. The van der Waals surface area contributed by atoms with Crippen LogP contribution in [-0.2, 0) is 0 Å². The van der Waals surface area contributed by atoms with E-state index in [0.717, 1.165) is 11.0 Å². The van der Waals surface area contributed by atoms with E-state index >= 15 is 0 Å². The molecule has 1 aliphatic heterocycles. The molecule has 0 N–H and O–H groups in total. The highest BCUT2D eigenvalue weighted by atomic mass is 35.5. The Morgan fingerprint density at radius 3 is 2.04 bits per heavy atom. The summed E-state index contributed by atoms with van der Waals surface area (Å²) in [7, 11) is 0. The number of halogens is 6. The lowest BCUT2D eigenvalue weighted by atomic mass is 10.1. The number of amides is 1. The van der Waals surface area contributed by atoms with E-state index in [-0.39, 0.29) is 37.3 Å². The van der Waals surface area contributed by atoms with E-state index in [1.807, 2.05) is 0 Å². The maximum atomic E-state index is 14.1. The average Bonchev–Trinajstić information content (AvgIpc) is 2.71. The van der Waals surface area contributed by atoms with E-state index in [2.05, 4.69) is 0 Å². The lowest BCUT2D eigenvalue weighted by molar-refractivity contribution is 0.0741. The van der Waals surface area contributed by atoms with Gasteiger partial charge in [-0.05, 0) is 18.2 Å². The zero-order chi connectivity index (χ0) is 20.6. The summed E-state index contributed by atoms with van der Waals surface area (Å²) in [6.07, 6.45) is 0. The molecule has 28 heavy (non-hydrogen) atoms. The van der Waals surface area contributed by atoms with Gasteiger partial charge in [0.1, 0.15) is 16.5 Å². The molecule has 4 nitrogen and oxygen atoms in total. The highest BCUT2D eigenvalue weighted by molar-refractivity contribution is 6.31. The lowest BCUT2D eigenvalue weighted by Crippen LogP contribution is -2.49. The van der Waals surface area contributed by atoms with Crippen molar-refractivity contribution in [3.63, 3.8) is 0 Å². The fourth-order valence-electron chi connectivity index (χ4n) is 2.93. The van der Waals surface area contributed by atoms with Crippen LogP contribution in [0.5, 0.6) is 0 Å². The van der Waals surface area contributed by atoms with Crippen LogP contribution in [-0.4, -0.2) is 37.0 Å². The molecule has 0 saturated carbocycles. The van der Waals surface area contributed by atoms with E-state index in [1.165, 1.54) is 17.0 Å². The van der Waals surface area contributed by atoms with Gasteiger partial charge < -0.3 is 9.80 Å².